The van der Waals surface area contributed by atoms with Gasteiger partial charge in [0, 0.05) is 20.0 Å². The summed E-state index contributed by atoms with van der Waals surface area (Å²) in [4.78, 5) is 11.1. The number of hydrogen-bond acceptors (Lipinski definition) is 4. The lowest BCUT2D eigenvalue weighted by Crippen LogP contribution is -2.24. The van der Waals surface area contributed by atoms with E-state index in [2.05, 4.69) is 12.1 Å². The summed E-state index contributed by atoms with van der Waals surface area (Å²) < 4.78 is 16.5. The summed E-state index contributed by atoms with van der Waals surface area (Å²) in [6.07, 6.45) is -0.171. The summed E-state index contributed by atoms with van der Waals surface area (Å²) in [5, 5.41) is 9.76. The van der Waals surface area contributed by atoms with Gasteiger partial charge in [0.2, 0.25) is 0 Å². The molecule has 0 spiro atoms. The van der Waals surface area contributed by atoms with Crippen molar-refractivity contribution in [3.63, 3.8) is 0 Å². The minimum Gasteiger partial charge on any atom is -0.493 e. The molecule has 3 aromatic rings. The molecule has 1 N–H and O–H groups in total. The molecule has 0 saturated heterocycles. The lowest BCUT2D eigenvalue weighted by Gasteiger charge is -2.14. The van der Waals surface area contributed by atoms with Crippen LogP contribution in [0.3, 0.4) is 0 Å². The Balaban J connectivity index is 1.47. The van der Waals surface area contributed by atoms with Crippen LogP contribution in [0.1, 0.15) is 12.0 Å². The normalized spacial score (nSPS) is 11.7. The minimum atomic E-state index is -1.05. The third kappa shape index (κ3) is 6.63. The number of methoxy groups -OCH3 is 1. The Morgan fingerprint density at radius 1 is 0.906 bits per heavy atom. The first-order valence-corrected chi connectivity index (χ1v) is 10.9. The molecule has 0 amide bonds. The number of carboxylic acid groups (broad SMARTS) is 1. The van der Waals surface area contributed by atoms with Crippen LogP contribution in [0, 0.1) is 0 Å². The van der Waals surface area contributed by atoms with Gasteiger partial charge in [0.15, 0.2) is 11.9 Å². The van der Waals surface area contributed by atoms with Gasteiger partial charge in [-0.2, -0.15) is 0 Å². The molecule has 0 aliphatic rings. The molecular weight excluding hydrogens is 451 g/mol. The van der Waals surface area contributed by atoms with Gasteiger partial charge >= 0.3 is 5.97 Å². The molecule has 0 saturated carbocycles. The van der Waals surface area contributed by atoms with E-state index in [1.807, 2.05) is 42.5 Å². The molecule has 32 heavy (non-hydrogen) atoms. The number of benzene rings is 3. The zero-order valence-electron chi connectivity index (χ0n) is 17.6. The van der Waals surface area contributed by atoms with Crippen LogP contribution in [0.4, 0.5) is 0 Å². The van der Waals surface area contributed by atoms with Crippen LogP contribution in [0.5, 0.6) is 11.5 Å². The van der Waals surface area contributed by atoms with Crippen molar-refractivity contribution in [1.29, 1.82) is 0 Å². The molecule has 7 heteroatoms. The van der Waals surface area contributed by atoms with Gasteiger partial charge in [0.1, 0.15) is 5.75 Å². The van der Waals surface area contributed by atoms with Crippen LogP contribution in [0.25, 0.3) is 11.1 Å². The van der Waals surface area contributed by atoms with Crippen LogP contribution in [-0.2, 0) is 16.0 Å². The molecule has 5 nitrogen and oxygen atoms in total. The largest absolute Gasteiger partial charge is 0.493 e. The number of hydrogen-bond donors (Lipinski definition) is 1. The van der Waals surface area contributed by atoms with Gasteiger partial charge < -0.3 is 19.3 Å². The molecular formula is C25H24Cl2O5. The van der Waals surface area contributed by atoms with Crippen LogP contribution >= 0.6 is 23.2 Å². The fourth-order valence-corrected chi connectivity index (χ4v) is 3.79. The van der Waals surface area contributed by atoms with Crippen molar-refractivity contribution < 1.29 is 24.1 Å². The summed E-state index contributed by atoms with van der Waals surface area (Å²) in [5.41, 5.74) is 2.95. The number of carbonyl (C=O) groups is 1. The van der Waals surface area contributed by atoms with Crippen molar-refractivity contribution in [1.82, 2.24) is 0 Å². The lowest BCUT2D eigenvalue weighted by molar-refractivity contribution is -0.148. The summed E-state index contributed by atoms with van der Waals surface area (Å²) in [7, 11) is 1.35. The van der Waals surface area contributed by atoms with Crippen LogP contribution in [0.15, 0.2) is 66.7 Å². The molecule has 1 unspecified atom stereocenters. The molecule has 0 aliphatic carbocycles. The van der Waals surface area contributed by atoms with Crippen LogP contribution < -0.4 is 9.47 Å². The average molecular weight is 475 g/mol. The summed E-state index contributed by atoms with van der Waals surface area (Å²) in [6.45, 7) is 0.850. The standard InChI is InChI=1S/C25H24Cl2O5/c1-30-23(25(28)29)16-17-14-21(26)24(22(27)15-17)32-13-5-12-31-20-10-8-19(9-11-20)18-6-3-2-4-7-18/h2-4,6-11,14-15,23H,5,12-13,16H2,1H3,(H,28,29). The average Bonchev–Trinajstić information content (AvgIpc) is 2.79. The van der Waals surface area contributed by atoms with Gasteiger partial charge in [0.25, 0.3) is 0 Å². The van der Waals surface area contributed by atoms with Gasteiger partial charge in [-0.15, -0.1) is 0 Å². The number of rotatable bonds is 11. The second-order valence-electron chi connectivity index (χ2n) is 7.10. The smallest absolute Gasteiger partial charge is 0.333 e. The third-order valence-electron chi connectivity index (χ3n) is 4.80. The van der Waals surface area contributed by atoms with Crippen molar-refractivity contribution in [3.8, 4) is 22.6 Å². The van der Waals surface area contributed by atoms with E-state index in [0.29, 0.717) is 41.0 Å². The maximum Gasteiger partial charge on any atom is 0.333 e. The fraction of sp³-hybridized carbons (Fsp3) is 0.240. The topological polar surface area (TPSA) is 65.0 Å². The predicted molar refractivity (Wildman–Crippen MR) is 126 cm³/mol. The monoisotopic (exact) mass is 474 g/mol. The minimum absolute atomic E-state index is 0.155. The maximum absolute atomic E-state index is 11.1. The lowest BCUT2D eigenvalue weighted by atomic mass is 10.1. The van der Waals surface area contributed by atoms with Gasteiger partial charge in [-0.3, -0.25) is 0 Å². The Morgan fingerprint density at radius 3 is 2.09 bits per heavy atom. The summed E-state index contributed by atoms with van der Waals surface area (Å²) in [5.74, 6) is 0.111. The van der Waals surface area contributed by atoms with Crippen molar-refractivity contribution in [2.45, 2.75) is 18.9 Å². The number of carboxylic acids is 1. The van der Waals surface area contributed by atoms with Gasteiger partial charge in [-0.25, -0.2) is 4.79 Å². The zero-order chi connectivity index (χ0) is 22.9. The molecule has 0 radical (unpaired) electrons. The Morgan fingerprint density at radius 2 is 1.50 bits per heavy atom. The molecule has 0 aromatic heterocycles. The highest BCUT2D eigenvalue weighted by atomic mass is 35.5. The van der Waals surface area contributed by atoms with E-state index in [9.17, 15) is 4.79 Å². The second kappa shape index (κ2) is 11.8. The van der Waals surface area contributed by atoms with Gasteiger partial charge in [0.05, 0.1) is 23.3 Å². The summed E-state index contributed by atoms with van der Waals surface area (Å²) in [6, 6.07) is 21.4. The number of halogens is 2. The Hall–Kier alpha value is -2.73. The quantitative estimate of drug-likeness (QED) is 0.337. The van der Waals surface area contributed by atoms with E-state index in [4.69, 9.17) is 42.5 Å². The molecule has 1 atom stereocenters. The predicted octanol–water partition coefficient (Wildman–Crippen LogP) is 6.15. The molecule has 0 heterocycles. The third-order valence-corrected chi connectivity index (χ3v) is 5.37. The van der Waals surface area contributed by atoms with Crippen molar-refractivity contribution in [2.24, 2.45) is 0 Å². The van der Waals surface area contributed by atoms with Crippen LogP contribution in [-0.4, -0.2) is 37.5 Å². The van der Waals surface area contributed by atoms with Crippen LogP contribution in [0.2, 0.25) is 10.0 Å². The second-order valence-corrected chi connectivity index (χ2v) is 7.91. The number of ether oxygens (including phenoxy) is 3. The van der Waals surface area contributed by atoms with E-state index in [1.54, 1.807) is 12.1 Å². The first kappa shape index (κ1) is 23.9. The molecule has 0 bridgehead atoms. The SMILES string of the molecule is COC(Cc1cc(Cl)c(OCCCOc2ccc(-c3ccccc3)cc2)c(Cl)c1)C(=O)O. The maximum atomic E-state index is 11.1. The highest BCUT2D eigenvalue weighted by Gasteiger charge is 2.19. The van der Waals surface area contributed by atoms with E-state index >= 15 is 0 Å². The van der Waals surface area contributed by atoms with Crippen molar-refractivity contribution in [2.75, 3.05) is 20.3 Å². The zero-order valence-corrected chi connectivity index (χ0v) is 19.1. The van der Waals surface area contributed by atoms with E-state index < -0.39 is 12.1 Å². The fourth-order valence-electron chi connectivity index (χ4n) is 3.15. The van der Waals surface area contributed by atoms with E-state index in [-0.39, 0.29) is 6.42 Å². The Kier molecular flexibility index (Phi) is 8.80. The summed E-state index contributed by atoms with van der Waals surface area (Å²) >= 11 is 12.6. The first-order chi connectivity index (χ1) is 15.5. The highest BCUT2D eigenvalue weighted by Crippen LogP contribution is 2.35. The first-order valence-electron chi connectivity index (χ1n) is 10.1. The highest BCUT2D eigenvalue weighted by molar-refractivity contribution is 6.37. The molecule has 3 rings (SSSR count). The molecule has 3 aromatic carbocycles. The van der Waals surface area contributed by atoms with Crippen molar-refractivity contribution in [3.05, 3.63) is 82.3 Å². The van der Waals surface area contributed by atoms with Crippen molar-refractivity contribution >= 4 is 29.2 Å². The van der Waals surface area contributed by atoms with E-state index in [1.165, 1.54) is 7.11 Å². The molecule has 168 valence electrons. The van der Waals surface area contributed by atoms with Gasteiger partial charge in [-0.05, 0) is 41.0 Å². The molecule has 0 fully saturated rings. The number of aliphatic carboxylic acids is 1. The Labute approximate surface area is 197 Å². The van der Waals surface area contributed by atoms with Gasteiger partial charge in [-0.1, -0.05) is 65.7 Å². The molecule has 0 aliphatic heterocycles. The van der Waals surface area contributed by atoms with E-state index in [0.717, 1.165) is 16.9 Å². The Bertz CT molecular complexity index is 999.